The number of hydrogen-bond acceptors (Lipinski definition) is 8. The number of methoxy groups -OCH3 is 1. The van der Waals surface area contributed by atoms with E-state index in [1.54, 1.807) is 29.2 Å². The molecule has 35 heavy (non-hydrogen) atoms. The number of aromatic nitrogens is 2. The van der Waals surface area contributed by atoms with Gasteiger partial charge < -0.3 is 18.9 Å². The number of carbonyl (C=O) groups is 1. The Bertz CT molecular complexity index is 1280. The van der Waals surface area contributed by atoms with E-state index < -0.39 is 10.0 Å². The average molecular weight is 501 g/mol. The topological polar surface area (TPSA) is 115 Å². The molecule has 2 heterocycles. The largest absolute Gasteiger partial charge is 0.496 e. The Labute approximate surface area is 204 Å². The van der Waals surface area contributed by atoms with Crippen LogP contribution in [-0.2, 0) is 16.6 Å². The first-order valence-corrected chi connectivity index (χ1v) is 12.8. The summed E-state index contributed by atoms with van der Waals surface area (Å²) in [5.41, 5.74) is 0.939. The summed E-state index contributed by atoms with van der Waals surface area (Å²) < 4.78 is 43.7. The summed E-state index contributed by atoms with van der Waals surface area (Å²) in [5.74, 6) is 1.31. The fourth-order valence-electron chi connectivity index (χ4n) is 3.86. The molecule has 4 rings (SSSR count). The van der Waals surface area contributed by atoms with Crippen molar-refractivity contribution in [3.05, 3.63) is 53.9 Å². The Morgan fingerprint density at radius 1 is 1.14 bits per heavy atom. The first-order chi connectivity index (χ1) is 16.8. The molecule has 11 heteroatoms. The number of ether oxygens (including phenoxy) is 2. The van der Waals surface area contributed by atoms with Crippen molar-refractivity contribution in [2.45, 2.75) is 31.2 Å². The number of nitrogens with zero attached hydrogens (tertiary/aromatic N) is 4. The van der Waals surface area contributed by atoms with Gasteiger partial charge in [-0.15, -0.1) is 0 Å². The lowest BCUT2D eigenvalue weighted by Crippen LogP contribution is -2.29. The number of hydrogen-bond donors (Lipinski definition) is 0. The van der Waals surface area contributed by atoms with Crippen molar-refractivity contribution >= 4 is 15.9 Å². The summed E-state index contributed by atoms with van der Waals surface area (Å²) in [6.07, 6.45) is 1.86. The van der Waals surface area contributed by atoms with Crippen LogP contribution in [0.4, 0.5) is 0 Å². The quantitative estimate of drug-likeness (QED) is 0.440. The van der Waals surface area contributed by atoms with Crippen LogP contribution in [-0.4, -0.2) is 67.5 Å². The third kappa shape index (κ3) is 5.30. The van der Waals surface area contributed by atoms with Gasteiger partial charge in [0.2, 0.25) is 21.7 Å². The lowest BCUT2D eigenvalue weighted by Gasteiger charge is -2.19. The molecular weight excluding hydrogens is 472 g/mol. The van der Waals surface area contributed by atoms with Crippen molar-refractivity contribution in [2.75, 3.05) is 33.9 Å². The summed E-state index contributed by atoms with van der Waals surface area (Å²) >= 11 is 0. The SMILES string of the molecule is CCOc1ccc(-c2noc(CN(C)S(=O)(=O)c3ccc(OC)c(C(=O)N4CCCC4)c3)n2)cc1. The van der Waals surface area contributed by atoms with Crippen molar-refractivity contribution < 1.29 is 27.2 Å². The van der Waals surface area contributed by atoms with Crippen LogP contribution in [0, 0.1) is 0 Å². The van der Waals surface area contributed by atoms with Gasteiger partial charge in [-0.1, -0.05) is 5.16 Å². The van der Waals surface area contributed by atoms with Gasteiger partial charge in [-0.05, 0) is 62.2 Å². The van der Waals surface area contributed by atoms with Crippen molar-refractivity contribution in [1.82, 2.24) is 19.3 Å². The minimum Gasteiger partial charge on any atom is -0.496 e. The van der Waals surface area contributed by atoms with Gasteiger partial charge in [0.1, 0.15) is 11.5 Å². The van der Waals surface area contributed by atoms with E-state index in [1.807, 2.05) is 6.92 Å². The minimum atomic E-state index is -3.95. The predicted octanol–water partition coefficient (Wildman–Crippen LogP) is 3.20. The van der Waals surface area contributed by atoms with E-state index in [0.717, 1.165) is 22.9 Å². The van der Waals surface area contributed by atoms with E-state index in [-0.39, 0.29) is 28.8 Å². The highest BCUT2D eigenvalue weighted by Crippen LogP contribution is 2.27. The molecule has 1 saturated heterocycles. The van der Waals surface area contributed by atoms with Gasteiger partial charge >= 0.3 is 0 Å². The second-order valence-corrected chi connectivity index (χ2v) is 10.1. The highest BCUT2D eigenvalue weighted by atomic mass is 32.2. The van der Waals surface area contributed by atoms with Crippen LogP contribution in [0.25, 0.3) is 11.4 Å². The molecule has 0 saturated carbocycles. The Balaban J connectivity index is 1.52. The predicted molar refractivity (Wildman–Crippen MR) is 128 cm³/mol. The highest BCUT2D eigenvalue weighted by Gasteiger charge is 2.28. The molecule has 186 valence electrons. The molecule has 0 atom stereocenters. The van der Waals surface area contributed by atoms with Crippen LogP contribution in [0.2, 0.25) is 0 Å². The zero-order valence-corrected chi connectivity index (χ0v) is 20.7. The van der Waals surface area contributed by atoms with Gasteiger partial charge in [-0.3, -0.25) is 4.79 Å². The molecule has 0 radical (unpaired) electrons. The van der Waals surface area contributed by atoms with Crippen LogP contribution < -0.4 is 9.47 Å². The van der Waals surface area contributed by atoms with E-state index in [1.165, 1.54) is 32.4 Å². The fraction of sp³-hybridized carbons (Fsp3) is 0.375. The lowest BCUT2D eigenvalue weighted by molar-refractivity contribution is 0.0789. The third-order valence-corrected chi connectivity index (χ3v) is 7.55. The maximum atomic E-state index is 13.3. The zero-order valence-electron chi connectivity index (χ0n) is 19.9. The van der Waals surface area contributed by atoms with Crippen LogP contribution in [0.3, 0.4) is 0 Å². The number of sulfonamides is 1. The molecule has 1 fully saturated rings. The van der Waals surface area contributed by atoms with Crippen LogP contribution in [0.1, 0.15) is 36.0 Å². The van der Waals surface area contributed by atoms with Crippen molar-refractivity contribution in [2.24, 2.45) is 0 Å². The van der Waals surface area contributed by atoms with E-state index in [4.69, 9.17) is 14.0 Å². The van der Waals surface area contributed by atoms with Crippen LogP contribution in [0.15, 0.2) is 51.9 Å². The average Bonchev–Trinajstić information content (AvgIpc) is 3.56. The maximum absolute atomic E-state index is 13.3. The normalized spacial score (nSPS) is 13.9. The minimum absolute atomic E-state index is 0.0189. The molecule has 0 N–H and O–H groups in total. The Morgan fingerprint density at radius 2 is 1.86 bits per heavy atom. The van der Waals surface area contributed by atoms with Gasteiger partial charge in [0.15, 0.2) is 0 Å². The summed E-state index contributed by atoms with van der Waals surface area (Å²) in [4.78, 5) is 19.0. The van der Waals surface area contributed by atoms with Crippen LogP contribution >= 0.6 is 0 Å². The second-order valence-electron chi connectivity index (χ2n) is 8.09. The zero-order chi connectivity index (χ0) is 25.0. The van der Waals surface area contributed by atoms with E-state index >= 15 is 0 Å². The molecule has 1 amide bonds. The van der Waals surface area contributed by atoms with Gasteiger partial charge in [-0.2, -0.15) is 9.29 Å². The summed E-state index contributed by atoms with van der Waals surface area (Å²) in [6.45, 7) is 3.63. The Hall–Kier alpha value is -3.44. The maximum Gasteiger partial charge on any atom is 0.257 e. The smallest absolute Gasteiger partial charge is 0.257 e. The molecule has 0 spiro atoms. The number of benzene rings is 2. The first-order valence-electron chi connectivity index (χ1n) is 11.3. The molecule has 0 aliphatic carbocycles. The third-order valence-electron chi connectivity index (χ3n) is 5.75. The molecule has 2 aromatic carbocycles. The highest BCUT2D eigenvalue weighted by molar-refractivity contribution is 7.89. The standard InChI is InChI=1S/C24H28N4O6S/c1-4-33-18-9-7-17(8-10-18)23-25-22(34-26-23)16-27(2)35(30,31)19-11-12-21(32-3)20(15-19)24(29)28-13-5-6-14-28/h7-12,15H,4-6,13-14,16H2,1-3H3. The number of amides is 1. The van der Waals surface area contributed by atoms with Gasteiger partial charge in [0.25, 0.3) is 5.91 Å². The monoisotopic (exact) mass is 500 g/mol. The molecule has 1 aliphatic heterocycles. The number of rotatable bonds is 9. The molecule has 10 nitrogen and oxygen atoms in total. The van der Waals surface area contributed by atoms with Crippen molar-refractivity contribution in [3.8, 4) is 22.9 Å². The van der Waals surface area contributed by atoms with E-state index in [0.29, 0.717) is 36.8 Å². The molecule has 1 aromatic heterocycles. The van der Waals surface area contributed by atoms with Crippen molar-refractivity contribution in [1.29, 1.82) is 0 Å². The summed E-state index contributed by atoms with van der Waals surface area (Å²) in [5, 5.41) is 3.96. The van der Waals surface area contributed by atoms with Crippen LogP contribution in [0.5, 0.6) is 11.5 Å². The molecule has 1 aliphatic rings. The van der Waals surface area contributed by atoms with Gasteiger partial charge in [0.05, 0.1) is 30.7 Å². The fourth-order valence-corrected chi connectivity index (χ4v) is 5.01. The van der Waals surface area contributed by atoms with Crippen molar-refractivity contribution in [3.63, 3.8) is 0 Å². The number of likely N-dealkylation sites (tertiary alicyclic amines) is 1. The Morgan fingerprint density at radius 3 is 2.51 bits per heavy atom. The summed E-state index contributed by atoms with van der Waals surface area (Å²) in [7, 11) is -1.08. The lowest BCUT2D eigenvalue weighted by atomic mass is 10.1. The van der Waals surface area contributed by atoms with Gasteiger partial charge in [-0.25, -0.2) is 8.42 Å². The Kier molecular flexibility index (Phi) is 7.37. The molecule has 0 bridgehead atoms. The van der Waals surface area contributed by atoms with E-state index in [9.17, 15) is 13.2 Å². The summed E-state index contributed by atoms with van der Waals surface area (Å²) in [6, 6.07) is 11.5. The molecule has 3 aromatic rings. The first kappa shape index (κ1) is 24.7. The van der Waals surface area contributed by atoms with E-state index in [2.05, 4.69) is 10.1 Å². The van der Waals surface area contributed by atoms with Gasteiger partial charge in [0, 0.05) is 25.7 Å². The molecular formula is C24H28N4O6S. The number of carbonyl (C=O) groups excluding carboxylic acids is 1. The molecule has 0 unspecified atom stereocenters. The second kappa shape index (κ2) is 10.4.